The van der Waals surface area contributed by atoms with Crippen molar-refractivity contribution in [3.63, 3.8) is 0 Å². The monoisotopic (exact) mass is 321 g/mol. The maximum Gasteiger partial charge on any atom is 0.238 e. The van der Waals surface area contributed by atoms with E-state index in [1.54, 1.807) is 24.3 Å². The van der Waals surface area contributed by atoms with Crippen LogP contribution in [0.1, 0.15) is 36.9 Å². The van der Waals surface area contributed by atoms with Crippen molar-refractivity contribution in [2.75, 3.05) is 12.8 Å². The highest BCUT2D eigenvalue weighted by Gasteiger charge is 2.36. The Morgan fingerprint density at radius 3 is 2.59 bits per heavy atom. The molecule has 7 heteroatoms. The lowest BCUT2D eigenvalue weighted by Gasteiger charge is -2.23. The fraction of sp³-hybridized carbons (Fsp3) is 0.467. The van der Waals surface area contributed by atoms with E-state index in [9.17, 15) is 13.2 Å². The maximum atomic E-state index is 12.3. The molecular formula is C15H19N3O3S. The molecule has 2 rings (SSSR count). The maximum absolute atomic E-state index is 12.3. The van der Waals surface area contributed by atoms with Crippen LogP contribution in [0, 0.1) is 11.3 Å². The largest absolute Gasteiger partial charge is 0.348 e. The highest BCUT2D eigenvalue weighted by Crippen LogP contribution is 2.22. The molecule has 2 atom stereocenters. The third kappa shape index (κ3) is 3.64. The molecule has 1 aromatic rings. The van der Waals surface area contributed by atoms with Crippen LogP contribution in [0.4, 0.5) is 0 Å². The average Bonchev–Trinajstić information content (AvgIpc) is 2.97. The van der Waals surface area contributed by atoms with Gasteiger partial charge in [0.25, 0.3) is 0 Å². The summed E-state index contributed by atoms with van der Waals surface area (Å²) >= 11 is 0. The number of nitrogens with zero attached hydrogens (tertiary/aromatic N) is 2. The summed E-state index contributed by atoms with van der Waals surface area (Å²) in [4.78, 5) is 12.3. The molecule has 0 aliphatic carbocycles. The average molecular weight is 321 g/mol. The molecule has 22 heavy (non-hydrogen) atoms. The Morgan fingerprint density at radius 1 is 1.41 bits per heavy atom. The molecule has 0 saturated carbocycles. The van der Waals surface area contributed by atoms with Crippen LogP contribution >= 0.6 is 0 Å². The molecule has 1 aromatic carbocycles. The lowest BCUT2D eigenvalue weighted by Crippen LogP contribution is -2.46. The fourth-order valence-corrected chi connectivity index (χ4v) is 3.76. The molecule has 0 aromatic heterocycles. The molecule has 0 bridgehead atoms. The number of benzene rings is 1. The number of carbonyl (C=O) groups excluding carboxylic acids is 1. The second kappa shape index (κ2) is 6.46. The molecule has 1 aliphatic heterocycles. The van der Waals surface area contributed by atoms with E-state index < -0.39 is 16.1 Å². The van der Waals surface area contributed by atoms with E-state index in [2.05, 4.69) is 5.32 Å². The number of nitriles is 1. The van der Waals surface area contributed by atoms with Gasteiger partial charge in [0.15, 0.2) is 0 Å². The van der Waals surface area contributed by atoms with Crippen LogP contribution in [0.25, 0.3) is 0 Å². The lowest BCUT2D eigenvalue weighted by molar-refractivity contribution is -0.124. The molecule has 1 heterocycles. The van der Waals surface area contributed by atoms with E-state index in [0.717, 1.165) is 11.8 Å². The van der Waals surface area contributed by atoms with Gasteiger partial charge >= 0.3 is 0 Å². The first-order chi connectivity index (χ1) is 10.3. The summed E-state index contributed by atoms with van der Waals surface area (Å²) < 4.78 is 24.6. The smallest absolute Gasteiger partial charge is 0.238 e. The van der Waals surface area contributed by atoms with Gasteiger partial charge in [0.1, 0.15) is 6.04 Å². The molecular weight excluding hydrogens is 302 g/mol. The molecule has 6 nitrogen and oxygen atoms in total. The summed E-state index contributed by atoms with van der Waals surface area (Å²) in [5.41, 5.74) is 1.43. The third-order valence-corrected chi connectivity index (χ3v) is 5.12. The van der Waals surface area contributed by atoms with Gasteiger partial charge in [-0.2, -0.15) is 9.57 Å². The van der Waals surface area contributed by atoms with E-state index in [1.807, 2.05) is 13.0 Å². The summed E-state index contributed by atoms with van der Waals surface area (Å²) in [6.45, 7) is 2.22. The van der Waals surface area contributed by atoms with Crippen LogP contribution in [0.2, 0.25) is 0 Å². The summed E-state index contributed by atoms with van der Waals surface area (Å²) in [7, 11) is -3.37. The highest BCUT2D eigenvalue weighted by atomic mass is 32.2. The molecule has 0 spiro atoms. The van der Waals surface area contributed by atoms with Crippen LogP contribution in [-0.4, -0.2) is 37.5 Å². The molecule has 1 N–H and O–H groups in total. The fourth-order valence-electron chi connectivity index (χ4n) is 2.64. The van der Waals surface area contributed by atoms with E-state index in [-0.39, 0.29) is 11.9 Å². The Balaban J connectivity index is 2.06. The number of carbonyl (C=O) groups is 1. The SMILES string of the molecule is CC(NC(=O)C1CCCN1S(C)(=O)=O)c1ccc(C#N)cc1. The minimum Gasteiger partial charge on any atom is -0.348 e. The van der Waals surface area contributed by atoms with Crippen molar-refractivity contribution in [3.8, 4) is 6.07 Å². The Kier molecular flexibility index (Phi) is 4.84. The second-order valence-corrected chi connectivity index (χ2v) is 7.43. The van der Waals surface area contributed by atoms with Crippen molar-refractivity contribution in [3.05, 3.63) is 35.4 Å². The van der Waals surface area contributed by atoms with Crippen LogP contribution < -0.4 is 5.32 Å². The summed E-state index contributed by atoms with van der Waals surface area (Å²) in [5.74, 6) is -0.278. The summed E-state index contributed by atoms with van der Waals surface area (Å²) in [6.07, 6.45) is 2.36. The summed E-state index contributed by atoms with van der Waals surface area (Å²) in [6, 6.07) is 8.11. The minimum absolute atomic E-state index is 0.248. The van der Waals surface area contributed by atoms with Gasteiger partial charge in [-0.25, -0.2) is 8.42 Å². The number of amides is 1. The van der Waals surface area contributed by atoms with Gasteiger partial charge in [0.05, 0.1) is 23.9 Å². The molecule has 1 aliphatic rings. The van der Waals surface area contributed by atoms with Gasteiger partial charge < -0.3 is 5.32 Å². The highest BCUT2D eigenvalue weighted by molar-refractivity contribution is 7.88. The van der Waals surface area contributed by atoms with E-state index in [1.165, 1.54) is 4.31 Å². The molecule has 118 valence electrons. The van der Waals surface area contributed by atoms with Gasteiger partial charge in [-0.3, -0.25) is 4.79 Å². The third-order valence-electron chi connectivity index (χ3n) is 3.83. The standard InChI is InChI=1S/C15H19N3O3S/c1-11(13-7-5-12(10-16)6-8-13)17-15(19)14-4-3-9-18(14)22(2,20)21/h5-8,11,14H,3-4,9H2,1-2H3,(H,17,19). The number of sulfonamides is 1. The quantitative estimate of drug-likeness (QED) is 0.901. The van der Waals surface area contributed by atoms with Crippen molar-refractivity contribution in [1.82, 2.24) is 9.62 Å². The first-order valence-corrected chi connectivity index (χ1v) is 8.95. The number of hydrogen-bond donors (Lipinski definition) is 1. The summed E-state index contributed by atoms with van der Waals surface area (Å²) in [5, 5.41) is 11.6. The Hall–Kier alpha value is -1.91. The molecule has 2 unspecified atom stereocenters. The van der Waals surface area contributed by atoms with Crippen LogP contribution in [0.5, 0.6) is 0 Å². The van der Waals surface area contributed by atoms with Crippen molar-refractivity contribution in [1.29, 1.82) is 5.26 Å². The van der Waals surface area contributed by atoms with Gasteiger partial charge in [0.2, 0.25) is 15.9 Å². The molecule has 1 fully saturated rings. The van der Waals surface area contributed by atoms with Gasteiger partial charge in [-0.1, -0.05) is 12.1 Å². The second-order valence-electron chi connectivity index (χ2n) is 5.50. The molecule has 1 saturated heterocycles. The first kappa shape index (κ1) is 16.5. The van der Waals surface area contributed by atoms with Gasteiger partial charge in [-0.05, 0) is 37.5 Å². The first-order valence-electron chi connectivity index (χ1n) is 7.10. The normalized spacial score (nSPS) is 20.3. The van der Waals surface area contributed by atoms with E-state index in [4.69, 9.17) is 5.26 Å². The molecule has 1 amide bonds. The Labute approximate surface area is 130 Å². The van der Waals surface area contributed by atoms with Gasteiger partial charge in [0, 0.05) is 6.54 Å². The van der Waals surface area contributed by atoms with E-state index >= 15 is 0 Å². The lowest BCUT2D eigenvalue weighted by atomic mass is 10.1. The van der Waals surface area contributed by atoms with Gasteiger partial charge in [-0.15, -0.1) is 0 Å². The number of hydrogen-bond acceptors (Lipinski definition) is 4. The zero-order valence-electron chi connectivity index (χ0n) is 12.6. The van der Waals surface area contributed by atoms with Crippen molar-refractivity contribution < 1.29 is 13.2 Å². The number of rotatable bonds is 4. The van der Waals surface area contributed by atoms with Crippen molar-refractivity contribution >= 4 is 15.9 Å². The zero-order valence-corrected chi connectivity index (χ0v) is 13.4. The Morgan fingerprint density at radius 2 is 2.05 bits per heavy atom. The minimum atomic E-state index is -3.37. The predicted octanol–water partition coefficient (Wildman–Crippen LogP) is 1.16. The van der Waals surface area contributed by atoms with E-state index in [0.29, 0.717) is 24.9 Å². The zero-order chi connectivity index (χ0) is 16.3. The molecule has 0 radical (unpaired) electrons. The Bertz CT molecular complexity index is 692. The van der Waals surface area contributed by atoms with Crippen molar-refractivity contribution in [2.45, 2.75) is 31.8 Å². The van der Waals surface area contributed by atoms with Crippen LogP contribution in [0.15, 0.2) is 24.3 Å². The topological polar surface area (TPSA) is 90.3 Å². The van der Waals surface area contributed by atoms with Crippen LogP contribution in [0.3, 0.4) is 0 Å². The van der Waals surface area contributed by atoms with Crippen LogP contribution in [-0.2, 0) is 14.8 Å². The predicted molar refractivity (Wildman–Crippen MR) is 82.3 cm³/mol. The van der Waals surface area contributed by atoms with Crippen molar-refractivity contribution in [2.24, 2.45) is 0 Å². The number of nitrogens with one attached hydrogen (secondary N) is 1.